The first-order valence-corrected chi connectivity index (χ1v) is 10.8. The molecule has 138 valence electrons. The van der Waals surface area contributed by atoms with Gasteiger partial charge in [0.15, 0.2) is 5.69 Å². The van der Waals surface area contributed by atoms with Gasteiger partial charge in [0, 0.05) is 11.1 Å². The van der Waals surface area contributed by atoms with Crippen LogP contribution >= 0.6 is 22.9 Å². The predicted molar refractivity (Wildman–Crippen MR) is 97.6 cm³/mol. The first-order chi connectivity index (χ1) is 12.2. The molecule has 0 bridgehead atoms. The first kappa shape index (κ1) is 18.7. The molecule has 2 aromatic rings. The van der Waals surface area contributed by atoms with Crippen molar-refractivity contribution in [1.29, 1.82) is 0 Å². The summed E-state index contributed by atoms with van der Waals surface area (Å²) < 4.78 is 23.2. The fraction of sp³-hybridized carbons (Fsp3) is 0.333. The number of thiophene rings is 1. The summed E-state index contributed by atoms with van der Waals surface area (Å²) in [6.45, 7) is 0. The minimum absolute atomic E-state index is 0.100. The van der Waals surface area contributed by atoms with E-state index in [9.17, 15) is 18.0 Å². The van der Waals surface area contributed by atoms with Gasteiger partial charge in [-0.25, -0.2) is 18.4 Å². The van der Waals surface area contributed by atoms with Crippen LogP contribution in [-0.2, 0) is 22.7 Å². The highest BCUT2D eigenvalue weighted by molar-refractivity contribution is 7.90. The van der Waals surface area contributed by atoms with Crippen LogP contribution in [0.4, 0.5) is 5.00 Å². The van der Waals surface area contributed by atoms with Crippen molar-refractivity contribution in [3.8, 4) is 0 Å². The Bertz CT molecular complexity index is 1020. The molecule has 2 aromatic heterocycles. The predicted octanol–water partition coefficient (Wildman–Crippen LogP) is 1.83. The maximum absolute atomic E-state index is 12.6. The molecule has 3 rings (SSSR count). The number of nitrogens with one attached hydrogen (secondary N) is 1. The van der Waals surface area contributed by atoms with E-state index in [0.717, 1.165) is 48.6 Å². The second-order valence-corrected chi connectivity index (χ2v) is 9.28. The number of primary amides is 1. The molecule has 2 amide bonds. The molecule has 0 radical (unpaired) electrons. The van der Waals surface area contributed by atoms with Crippen molar-refractivity contribution in [2.75, 3.05) is 11.6 Å². The van der Waals surface area contributed by atoms with Gasteiger partial charge in [0.25, 0.3) is 11.8 Å². The molecule has 1 aliphatic rings. The van der Waals surface area contributed by atoms with Gasteiger partial charge in [-0.15, -0.1) is 11.3 Å². The van der Waals surface area contributed by atoms with Crippen molar-refractivity contribution in [1.82, 2.24) is 9.97 Å². The van der Waals surface area contributed by atoms with E-state index in [-0.39, 0.29) is 10.7 Å². The molecule has 2 heterocycles. The molecule has 0 spiro atoms. The molecule has 0 aliphatic heterocycles. The number of nitrogens with zero attached hydrogens (tertiary/aromatic N) is 2. The summed E-state index contributed by atoms with van der Waals surface area (Å²) >= 11 is 7.23. The third kappa shape index (κ3) is 3.57. The van der Waals surface area contributed by atoms with E-state index in [0.29, 0.717) is 10.6 Å². The van der Waals surface area contributed by atoms with Crippen LogP contribution in [0, 0.1) is 0 Å². The van der Waals surface area contributed by atoms with Crippen molar-refractivity contribution < 1.29 is 18.0 Å². The van der Waals surface area contributed by atoms with E-state index < -0.39 is 26.8 Å². The number of anilines is 1. The molecule has 11 heteroatoms. The normalized spacial score (nSPS) is 13.9. The number of rotatable bonds is 4. The summed E-state index contributed by atoms with van der Waals surface area (Å²) in [7, 11) is -3.70. The third-order valence-corrected chi connectivity index (χ3v) is 6.26. The van der Waals surface area contributed by atoms with Crippen LogP contribution in [0.15, 0.2) is 11.4 Å². The summed E-state index contributed by atoms with van der Waals surface area (Å²) in [4.78, 5) is 32.8. The Morgan fingerprint density at radius 1 is 1.31 bits per heavy atom. The van der Waals surface area contributed by atoms with Crippen molar-refractivity contribution in [3.05, 3.63) is 32.9 Å². The van der Waals surface area contributed by atoms with Gasteiger partial charge in [-0.05, 0) is 31.2 Å². The number of hydrogen-bond donors (Lipinski definition) is 2. The Hall–Kier alpha value is -2.04. The molecular weight excluding hydrogens is 400 g/mol. The molecule has 0 saturated heterocycles. The van der Waals surface area contributed by atoms with Crippen molar-refractivity contribution in [2.45, 2.75) is 30.8 Å². The average molecular weight is 415 g/mol. The number of amides is 2. The van der Waals surface area contributed by atoms with Crippen molar-refractivity contribution >= 4 is 49.6 Å². The highest BCUT2D eigenvalue weighted by atomic mass is 35.5. The Balaban J connectivity index is 1.99. The molecule has 0 fully saturated rings. The average Bonchev–Trinajstić information content (AvgIpc) is 2.91. The fourth-order valence-electron chi connectivity index (χ4n) is 2.77. The lowest BCUT2D eigenvalue weighted by atomic mass is 9.95. The summed E-state index contributed by atoms with van der Waals surface area (Å²) in [5, 5.41) is 2.31. The van der Waals surface area contributed by atoms with Gasteiger partial charge in [0.05, 0.1) is 16.8 Å². The molecule has 3 N–H and O–H groups in total. The number of aromatic nitrogens is 2. The van der Waals surface area contributed by atoms with E-state index >= 15 is 0 Å². The zero-order valence-electron chi connectivity index (χ0n) is 13.7. The maximum Gasteiger partial charge on any atom is 0.276 e. The fourth-order valence-corrected chi connectivity index (χ4v) is 4.73. The lowest BCUT2D eigenvalue weighted by molar-refractivity contribution is 0.100. The van der Waals surface area contributed by atoms with Crippen LogP contribution in [0.2, 0.25) is 5.02 Å². The van der Waals surface area contributed by atoms with Gasteiger partial charge in [-0.2, -0.15) is 0 Å². The van der Waals surface area contributed by atoms with Crippen molar-refractivity contribution in [3.63, 3.8) is 0 Å². The molecule has 0 atom stereocenters. The third-order valence-electron chi connectivity index (χ3n) is 3.91. The van der Waals surface area contributed by atoms with Gasteiger partial charge in [-0.1, -0.05) is 11.6 Å². The van der Waals surface area contributed by atoms with Crippen LogP contribution < -0.4 is 11.1 Å². The van der Waals surface area contributed by atoms with Crippen molar-refractivity contribution in [2.24, 2.45) is 5.73 Å². The van der Waals surface area contributed by atoms with Gasteiger partial charge >= 0.3 is 0 Å². The Labute approximate surface area is 158 Å². The molecule has 8 nitrogen and oxygen atoms in total. The van der Waals surface area contributed by atoms with E-state index in [1.54, 1.807) is 0 Å². The van der Waals surface area contributed by atoms with E-state index in [1.165, 1.54) is 11.3 Å². The molecule has 1 aliphatic carbocycles. The van der Waals surface area contributed by atoms with Gasteiger partial charge in [0.1, 0.15) is 5.00 Å². The standard InChI is InChI=1S/C15H15ClN4O4S2/c1-26(23,24)15-18-6-8(16)11(19-15)13(22)20-14-10(12(17)21)7-4-2-3-5-9(7)25-14/h6H,2-5H2,1H3,(H2,17,21)(H,20,22). The number of sulfone groups is 1. The monoisotopic (exact) mass is 414 g/mol. The lowest BCUT2D eigenvalue weighted by Crippen LogP contribution is -2.20. The smallest absolute Gasteiger partial charge is 0.276 e. The van der Waals surface area contributed by atoms with Gasteiger partial charge < -0.3 is 11.1 Å². The molecule has 0 aromatic carbocycles. The molecular formula is C15H15ClN4O4S2. The highest BCUT2D eigenvalue weighted by Crippen LogP contribution is 2.38. The highest BCUT2D eigenvalue weighted by Gasteiger charge is 2.26. The summed E-state index contributed by atoms with van der Waals surface area (Å²) in [5.41, 5.74) is 6.37. The largest absolute Gasteiger partial charge is 0.365 e. The van der Waals surface area contributed by atoms with E-state index in [4.69, 9.17) is 17.3 Å². The molecule has 26 heavy (non-hydrogen) atoms. The lowest BCUT2D eigenvalue weighted by Gasteiger charge is -2.11. The minimum Gasteiger partial charge on any atom is -0.365 e. The molecule has 0 unspecified atom stereocenters. The number of aryl methyl sites for hydroxylation is 1. The number of fused-ring (bicyclic) bond motifs is 1. The Morgan fingerprint density at radius 2 is 2.00 bits per heavy atom. The second kappa shape index (κ2) is 6.93. The first-order valence-electron chi connectivity index (χ1n) is 7.66. The minimum atomic E-state index is -3.70. The van der Waals surface area contributed by atoms with Crippen LogP contribution in [-0.4, -0.2) is 36.5 Å². The van der Waals surface area contributed by atoms with Gasteiger partial charge in [-0.3, -0.25) is 9.59 Å². The molecule has 0 saturated carbocycles. The number of carbonyl (C=O) groups excluding carboxylic acids is 2. The number of carbonyl (C=O) groups is 2. The topological polar surface area (TPSA) is 132 Å². The van der Waals surface area contributed by atoms with E-state index in [2.05, 4.69) is 15.3 Å². The summed E-state index contributed by atoms with van der Waals surface area (Å²) in [6.07, 6.45) is 5.49. The number of nitrogens with two attached hydrogens (primary N) is 1. The quantitative estimate of drug-likeness (QED) is 0.733. The van der Waals surface area contributed by atoms with Crippen LogP contribution in [0.25, 0.3) is 0 Å². The Morgan fingerprint density at radius 3 is 2.65 bits per heavy atom. The van der Waals surface area contributed by atoms with Gasteiger partial charge in [0.2, 0.25) is 15.0 Å². The number of halogens is 1. The summed E-state index contributed by atoms with van der Waals surface area (Å²) in [5.74, 6) is -1.35. The summed E-state index contributed by atoms with van der Waals surface area (Å²) in [6, 6.07) is 0. The SMILES string of the molecule is CS(=O)(=O)c1ncc(Cl)c(C(=O)Nc2sc3c(c2C(N)=O)CCCC3)n1. The number of hydrogen-bond acceptors (Lipinski definition) is 7. The zero-order chi connectivity index (χ0) is 19.1. The second-order valence-electron chi connectivity index (χ2n) is 5.85. The zero-order valence-corrected chi connectivity index (χ0v) is 16.1. The van der Waals surface area contributed by atoms with Crippen LogP contribution in [0.3, 0.4) is 0 Å². The van der Waals surface area contributed by atoms with E-state index in [1.807, 2.05) is 0 Å². The maximum atomic E-state index is 12.6. The van der Waals surface area contributed by atoms with Crippen LogP contribution in [0.1, 0.15) is 44.1 Å². The van der Waals surface area contributed by atoms with Crippen LogP contribution in [0.5, 0.6) is 0 Å². The Kier molecular flexibility index (Phi) is 5.00.